The molecule has 3 heteroatoms. The molecule has 1 N–H and O–H groups in total. The zero-order chi connectivity index (χ0) is 17.5. The number of hydrogen-bond acceptors (Lipinski definition) is 2. The van der Waals surface area contributed by atoms with Gasteiger partial charge in [-0.3, -0.25) is 4.79 Å². The maximum Gasteiger partial charge on any atom is 0.266 e. The molecule has 2 aromatic carbocycles. The van der Waals surface area contributed by atoms with Crippen molar-refractivity contribution in [2.24, 2.45) is 0 Å². The first kappa shape index (κ1) is 17.2. The van der Waals surface area contributed by atoms with Crippen molar-refractivity contribution >= 4 is 17.7 Å². The maximum absolute atomic E-state index is 12.3. The van der Waals surface area contributed by atoms with Gasteiger partial charge in [0.2, 0.25) is 0 Å². The molecule has 0 aromatic heterocycles. The smallest absolute Gasteiger partial charge is 0.266 e. The standard InChI is InChI=1S/C21H20N2O/c1-15-12-16(2)20(17(3)13-15)23-21(24)19(14-22)11-7-10-18-8-5-4-6-9-18/h4-13H,1-3H3,(H,23,24)/b10-7+,19-11+. The summed E-state index contributed by atoms with van der Waals surface area (Å²) in [4.78, 5) is 12.3. The van der Waals surface area contributed by atoms with Crippen molar-refractivity contribution in [1.82, 2.24) is 0 Å². The Balaban J connectivity index is 2.17. The molecule has 0 radical (unpaired) electrons. The fourth-order valence-corrected chi connectivity index (χ4v) is 2.54. The number of benzene rings is 2. The van der Waals surface area contributed by atoms with Crippen LogP contribution in [0.3, 0.4) is 0 Å². The molecule has 2 rings (SSSR count). The van der Waals surface area contributed by atoms with Crippen molar-refractivity contribution in [2.75, 3.05) is 5.32 Å². The molecule has 24 heavy (non-hydrogen) atoms. The summed E-state index contributed by atoms with van der Waals surface area (Å²) in [6.45, 7) is 5.90. The Kier molecular flexibility index (Phi) is 5.70. The quantitative estimate of drug-likeness (QED) is 0.504. The van der Waals surface area contributed by atoms with E-state index >= 15 is 0 Å². The Bertz CT molecular complexity index is 817. The molecule has 0 aliphatic rings. The predicted molar refractivity (Wildman–Crippen MR) is 98.5 cm³/mol. The first-order valence-electron chi connectivity index (χ1n) is 7.74. The van der Waals surface area contributed by atoms with Crippen LogP contribution in [-0.4, -0.2) is 5.91 Å². The van der Waals surface area contributed by atoms with E-state index in [1.54, 1.807) is 6.08 Å². The number of hydrogen-bond donors (Lipinski definition) is 1. The average molecular weight is 316 g/mol. The van der Waals surface area contributed by atoms with Crippen molar-refractivity contribution in [2.45, 2.75) is 20.8 Å². The molecule has 120 valence electrons. The van der Waals surface area contributed by atoms with Gasteiger partial charge in [0, 0.05) is 5.69 Å². The molecule has 0 saturated heterocycles. The van der Waals surface area contributed by atoms with Crippen LogP contribution in [0.5, 0.6) is 0 Å². The highest BCUT2D eigenvalue weighted by Gasteiger charge is 2.11. The summed E-state index contributed by atoms with van der Waals surface area (Å²) in [6, 6.07) is 15.7. The second-order valence-corrected chi connectivity index (χ2v) is 5.69. The minimum absolute atomic E-state index is 0.0709. The predicted octanol–water partition coefficient (Wildman–Crippen LogP) is 4.71. The molecule has 0 aliphatic heterocycles. The molecule has 3 nitrogen and oxygen atoms in total. The van der Waals surface area contributed by atoms with Crippen molar-refractivity contribution < 1.29 is 4.79 Å². The number of anilines is 1. The number of aryl methyl sites for hydroxylation is 3. The van der Waals surface area contributed by atoms with E-state index < -0.39 is 5.91 Å². The van der Waals surface area contributed by atoms with E-state index in [1.807, 2.05) is 75.4 Å². The van der Waals surface area contributed by atoms with Gasteiger partial charge < -0.3 is 5.32 Å². The lowest BCUT2D eigenvalue weighted by Gasteiger charge is -2.12. The zero-order valence-corrected chi connectivity index (χ0v) is 14.1. The summed E-state index contributed by atoms with van der Waals surface area (Å²) < 4.78 is 0. The summed E-state index contributed by atoms with van der Waals surface area (Å²) in [5, 5.41) is 12.1. The summed E-state index contributed by atoms with van der Waals surface area (Å²) in [5.74, 6) is -0.398. The van der Waals surface area contributed by atoms with Crippen LogP contribution in [-0.2, 0) is 4.79 Å². The van der Waals surface area contributed by atoms with Crippen molar-refractivity contribution in [3.05, 3.63) is 82.4 Å². The number of allylic oxidation sites excluding steroid dienone is 2. The van der Waals surface area contributed by atoms with Crippen LogP contribution in [0.15, 0.2) is 60.2 Å². The van der Waals surface area contributed by atoms with E-state index in [0.717, 1.165) is 27.9 Å². The molecule has 0 aliphatic carbocycles. The second kappa shape index (κ2) is 7.94. The third-order valence-electron chi connectivity index (χ3n) is 3.63. The fraction of sp³-hybridized carbons (Fsp3) is 0.143. The lowest BCUT2D eigenvalue weighted by atomic mass is 10.0. The third kappa shape index (κ3) is 4.44. The minimum Gasteiger partial charge on any atom is -0.321 e. The lowest BCUT2D eigenvalue weighted by molar-refractivity contribution is -0.112. The van der Waals surface area contributed by atoms with Crippen LogP contribution in [0.2, 0.25) is 0 Å². The van der Waals surface area contributed by atoms with Gasteiger partial charge in [0.05, 0.1) is 0 Å². The largest absolute Gasteiger partial charge is 0.321 e. The number of nitrogens with zero attached hydrogens (tertiary/aromatic N) is 1. The normalized spacial score (nSPS) is 11.3. The fourth-order valence-electron chi connectivity index (χ4n) is 2.54. The SMILES string of the molecule is Cc1cc(C)c(NC(=O)/C(C#N)=C/C=C/c2ccccc2)c(C)c1. The Hall–Kier alpha value is -3.12. The van der Waals surface area contributed by atoms with Gasteiger partial charge in [-0.2, -0.15) is 5.26 Å². The summed E-state index contributed by atoms with van der Waals surface area (Å²) in [6.07, 6.45) is 5.09. The van der Waals surface area contributed by atoms with E-state index in [0.29, 0.717) is 0 Å². The number of carbonyl (C=O) groups is 1. The van der Waals surface area contributed by atoms with Crippen LogP contribution >= 0.6 is 0 Å². The first-order valence-corrected chi connectivity index (χ1v) is 7.74. The summed E-state index contributed by atoms with van der Waals surface area (Å²) in [7, 11) is 0. The highest BCUT2D eigenvalue weighted by Crippen LogP contribution is 2.22. The van der Waals surface area contributed by atoms with Crippen molar-refractivity contribution in [3.8, 4) is 6.07 Å². The van der Waals surface area contributed by atoms with E-state index in [2.05, 4.69) is 5.32 Å². The molecule has 1 amide bonds. The van der Waals surface area contributed by atoms with Gasteiger partial charge in [0.15, 0.2) is 0 Å². The molecule has 0 saturated carbocycles. The zero-order valence-electron chi connectivity index (χ0n) is 14.1. The van der Waals surface area contributed by atoms with E-state index in [1.165, 1.54) is 6.08 Å². The van der Waals surface area contributed by atoms with Crippen molar-refractivity contribution in [3.63, 3.8) is 0 Å². The number of amides is 1. The van der Waals surface area contributed by atoms with E-state index in [9.17, 15) is 10.1 Å². The van der Waals surface area contributed by atoms with Crippen LogP contribution in [0, 0.1) is 32.1 Å². The molecule has 2 aromatic rings. The number of nitrogens with one attached hydrogen (secondary N) is 1. The number of nitriles is 1. The van der Waals surface area contributed by atoms with Crippen LogP contribution in [0.4, 0.5) is 5.69 Å². The number of rotatable bonds is 4. The highest BCUT2D eigenvalue weighted by atomic mass is 16.1. The summed E-state index contributed by atoms with van der Waals surface area (Å²) in [5.41, 5.74) is 4.96. The lowest BCUT2D eigenvalue weighted by Crippen LogP contribution is -2.15. The average Bonchev–Trinajstić information content (AvgIpc) is 2.55. The van der Waals surface area contributed by atoms with Crippen molar-refractivity contribution in [1.29, 1.82) is 5.26 Å². The van der Waals surface area contributed by atoms with Gasteiger partial charge in [-0.15, -0.1) is 0 Å². The Morgan fingerprint density at radius 3 is 2.29 bits per heavy atom. The molecule has 0 unspecified atom stereocenters. The molecule has 0 bridgehead atoms. The van der Waals surface area contributed by atoms with Crippen LogP contribution < -0.4 is 5.32 Å². The van der Waals surface area contributed by atoms with Crippen LogP contribution in [0.25, 0.3) is 6.08 Å². The minimum atomic E-state index is -0.398. The highest BCUT2D eigenvalue weighted by molar-refractivity contribution is 6.07. The second-order valence-electron chi connectivity index (χ2n) is 5.69. The van der Waals surface area contributed by atoms with E-state index in [4.69, 9.17) is 0 Å². The first-order chi connectivity index (χ1) is 11.5. The molecule has 0 spiro atoms. The monoisotopic (exact) mass is 316 g/mol. The molecule has 0 atom stereocenters. The summed E-state index contributed by atoms with van der Waals surface area (Å²) >= 11 is 0. The molecular weight excluding hydrogens is 296 g/mol. The van der Waals surface area contributed by atoms with Gasteiger partial charge >= 0.3 is 0 Å². The topological polar surface area (TPSA) is 52.9 Å². The van der Waals surface area contributed by atoms with Gasteiger partial charge in [0.25, 0.3) is 5.91 Å². The third-order valence-corrected chi connectivity index (χ3v) is 3.63. The van der Waals surface area contributed by atoms with Gasteiger partial charge in [-0.25, -0.2) is 0 Å². The Morgan fingerprint density at radius 1 is 1.08 bits per heavy atom. The van der Waals surface area contributed by atoms with Gasteiger partial charge in [0.1, 0.15) is 11.6 Å². The van der Waals surface area contributed by atoms with Gasteiger partial charge in [-0.05, 0) is 43.5 Å². The van der Waals surface area contributed by atoms with E-state index in [-0.39, 0.29) is 5.57 Å². The molecule has 0 heterocycles. The number of carbonyl (C=O) groups excluding carboxylic acids is 1. The molecular formula is C21H20N2O. The molecule has 0 fully saturated rings. The van der Waals surface area contributed by atoms with Gasteiger partial charge in [-0.1, -0.05) is 60.2 Å². The van der Waals surface area contributed by atoms with Crippen LogP contribution in [0.1, 0.15) is 22.3 Å². The Labute approximate surface area is 142 Å². The maximum atomic E-state index is 12.3. The Morgan fingerprint density at radius 2 is 1.71 bits per heavy atom.